The van der Waals surface area contributed by atoms with Gasteiger partial charge in [0.1, 0.15) is 0 Å². The third-order valence-electron chi connectivity index (χ3n) is 4.16. The topological polar surface area (TPSA) is 0 Å². The minimum Gasteiger partial charge on any atom is -0.0654 e. The lowest BCUT2D eigenvalue weighted by Gasteiger charge is -2.28. The van der Waals surface area contributed by atoms with Crippen LogP contribution in [0.15, 0.2) is 0 Å². The molecule has 0 nitrogen and oxygen atoms in total. The SMILES string of the molecule is CCCCCCC(C)CC(C)(C)CCCCCC. The Kier molecular flexibility index (Phi) is 10.9. The van der Waals surface area contributed by atoms with E-state index in [9.17, 15) is 0 Å². The van der Waals surface area contributed by atoms with Crippen LogP contribution in [0.3, 0.4) is 0 Å². The molecule has 0 saturated carbocycles. The highest BCUT2D eigenvalue weighted by molar-refractivity contribution is 4.72. The molecular formula is C18H38. The number of hydrogen-bond donors (Lipinski definition) is 0. The largest absolute Gasteiger partial charge is 0.0654 e. The van der Waals surface area contributed by atoms with Crippen LogP contribution in [0.5, 0.6) is 0 Å². The van der Waals surface area contributed by atoms with E-state index in [1.54, 1.807) is 0 Å². The molecule has 0 amide bonds. The van der Waals surface area contributed by atoms with Gasteiger partial charge < -0.3 is 0 Å². The van der Waals surface area contributed by atoms with Crippen LogP contribution in [-0.2, 0) is 0 Å². The van der Waals surface area contributed by atoms with Gasteiger partial charge in [0.15, 0.2) is 0 Å². The van der Waals surface area contributed by atoms with Gasteiger partial charge in [0, 0.05) is 0 Å². The molecule has 0 heterocycles. The Bertz CT molecular complexity index is 169. The van der Waals surface area contributed by atoms with Crippen molar-refractivity contribution in [3.8, 4) is 0 Å². The maximum absolute atomic E-state index is 2.47. The van der Waals surface area contributed by atoms with E-state index in [0.717, 1.165) is 5.92 Å². The van der Waals surface area contributed by atoms with Crippen molar-refractivity contribution in [2.75, 3.05) is 0 Å². The molecule has 1 atom stereocenters. The average molecular weight is 255 g/mol. The van der Waals surface area contributed by atoms with Gasteiger partial charge in [-0.2, -0.15) is 0 Å². The zero-order chi connectivity index (χ0) is 13.9. The predicted molar refractivity (Wildman–Crippen MR) is 85.1 cm³/mol. The van der Waals surface area contributed by atoms with E-state index in [1.165, 1.54) is 70.6 Å². The van der Waals surface area contributed by atoms with Crippen LogP contribution in [0.2, 0.25) is 0 Å². The second kappa shape index (κ2) is 10.9. The van der Waals surface area contributed by atoms with Gasteiger partial charge in [0.05, 0.1) is 0 Å². The Morgan fingerprint density at radius 3 is 1.89 bits per heavy atom. The summed E-state index contributed by atoms with van der Waals surface area (Å²) in [6.07, 6.45) is 15.6. The first-order valence-corrected chi connectivity index (χ1v) is 8.52. The van der Waals surface area contributed by atoms with Crippen LogP contribution in [0.4, 0.5) is 0 Å². The smallest absolute Gasteiger partial charge is 0.0352 e. The van der Waals surface area contributed by atoms with Crippen molar-refractivity contribution in [1.82, 2.24) is 0 Å². The molecule has 0 N–H and O–H groups in total. The van der Waals surface area contributed by atoms with E-state index >= 15 is 0 Å². The van der Waals surface area contributed by atoms with Gasteiger partial charge in [-0.05, 0) is 24.2 Å². The van der Waals surface area contributed by atoms with E-state index in [4.69, 9.17) is 0 Å². The molecule has 0 aliphatic rings. The van der Waals surface area contributed by atoms with Gasteiger partial charge in [0.25, 0.3) is 0 Å². The Morgan fingerprint density at radius 1 is 0.778 bits per heavy atom. The molecule has 0 aliphatic heterocycles. The van der Waals surface area contributed by atoms with Gasteiger partial charge in [-0.1, -0.05) is 92.4 Å². The maximum Gasteiger partial charge on any atom is -0.0352 e. The van der Waals surface area contributed by atoms with E-state index in [-0.39, 0.29) is 0 Å². The molecule has 0 aliphatic carbocycles. The van der Waals surface area contributed by atoms with Crippen LogP contribution in [0.1, 0.15) is 105 Å². The lowest BCUT2D eigenvalue weighted by molar-refractivity contribution is 0.238. The van der Waals surface area contributed by atoms with E-state index < -0.39 is 0 Å². The van der Waals surface area contributed by atoms with Gasteiger partial charge in [-0.25, -0.2) is 0 Å². The Hall–Kier alpha value is 0. The average Bonchev–Trinajstić information content (AvgIpc) is 2.30. The fourth-order valence-electron chi connectivity index (χ4n) is 3.10. The third-order valence-corrected chi connectivity index (χ3v) is 4.16. The Balaban J connectivity index is 3.64. The summed E-state index contributed by atoms with van der Waals surface area (Å²) in [6, 6.07) is 0. The molecule has 0 heteroatoms. The summed E-state index contributed by atoms with van der Waals surface area (Å²) in [5, 5.41) is 0. The van der Waals surface area contributed by atoms with Gasteiger partial charge in [-0.3, -0.25) is 0 Å². The molecule has 0 aromatic rings. The summed E-state index contributed by atoms with van der Waals surface area (Å²) in [5.74, 6) is 0.919. The molecule has 110 valence electrons. The number of unbranched alkanes of at least 4 members (excludes halogenated alkanes) is 6. The standard InChI is InChI=1S/C18H38/c1-6-8-10-12-14-17(3)16-18(4,5)15-13-11-9-7-2/h17H,6-16H2,1-5H3. The fourth-order valence-corrected chi connectivity index (χ4v) is 3.10. The molecule has 0 saturated heterocycles. The molecule has 0 aromatic heterocycles. The van der Waals surface area contributed by atoms with Crippen molar-refractivity contribution in [3.63, 3.8) is 0 Å². The summed E-state index contributed by atoms with van der Waals surface area (Å²) in [6.45, 7) is 12.0. The highest BCUT2D eigenvalue weighted by Gasteiger charge is 2.20. The van der Waals surface area contributed by atoms with Crippen molar-refractivity contribution in [1.29, 1.82) is 0 Å². The van der Waals surface area contributed by atoms with Gasteiger partial charge in [0.2, 0.25) is 0 Å². The Morgan fingerprint density at radius 2 is 1.33 bits per heavy atom. The number of rotatable bonds is 12. The van der Waals surface area contributed by atoms with Crippen molar-refractivity contribution < 1.29 is 0 Å². The minimum absolute atomic E-state index is 0.567. The van der Waals surface area contributed by atoms with Crippen molar-refractivity contribution in [3.05, 3.63) is 0 Å². The molecule has 0 aromatic carbocycles. The molecular weight excluding hydrogens is 216 g/mol. The molecule has 0 radical (unpaired) electrons. The summed E-state index contributed by atoms with van der Waals surface area (Å²) in [5.41, 5.74) is 0.567. The fraction of sp³-hybridized carbons (Fsp3) is 1.00. The third kappa shape index (κ3) is 11.1. The van der Waals surface area contributed by atoms with Gasteiger partial charge >= 0.3 is 0 Å². The van der Waals surface area contributed by atoms with Crippen LogP contribution in [0, 0.1) is 11.3 Å². The first-order valence-electron chi connectivity index (χ1n) is 8.52. The van der Waals surface area contributed by atoms with Gasteiger partial charge in [-0.15, -0.1) is 0 Å². The lowest BCUT2D eigenvalue weighted by Crippen LogP contribution is -2.15. The summed E-state index contributed by atoms with van der Waals surface area (Å²) in [4.78, 5) is 0. The van der Waals surface area contributed by atoms with Crippen LogP contribution in [0.25, 0.3) is 0 Å². The second-order valence-electron chi connectivity index (χ2n) is 7.13. The lowest BCUT2D eigenvalue weighted by atomic mass is 9.78. The zero-order valence-electron chi connectivity index (χ0n) is 13.9. The number of hydrogen-bond acceptors (Lipinski definition) is 0. The van der Waals surface area contributed by atoms with E-state index in [0.29, 0.717) is 5.41 Å². The summed E-state index contributed by atoms with van der Waals surface area (Å²) in [7, 11) is 0. The van der Waals surface area contributed by atoms with Crippen LogP contribution >= 0.6 is 0 Å². The zero-order valence-corrected chi connectivity index (χ0v) is 13.9. The monoisotopic (exact) mass is 254 g/mol. The quantitative estimate of drug-likeness (QED) is 0.329. The first kappa shape index (κ1) is 18.0. The highest BCUT2D eigenvalue weighted by Crippen LogP contribution is 2.33. The highest BCUT2D eigenvalue weighted by atomic mass is 14.3. The maximum atomic E-state index is 2.47. The normalized spacial score (nSPS) is 13.8. The van der Waals surface area contributed by atoms with Crippen LogP contribution < -0.4 is 0 Å². The van der Waals surface area contributed by atoms with Crippen molar-refractivity contribution >= 4 is 0 Å². The van der Waals surface area contributed by atoms with E-state index in [1.807, 2.05) is 0 Å². The first-order chi connectivity index (χ1) is 8.52. The molecule has 0 bridgehead atoms. The second-order valence-corrected chi connectivity index (χ2v) is 7.13. The molecule has 0 rings (SSSR count). The van der Waals surface area contributed by atoms with Crippen LogP contribution in [-0.4, -0.2) is 0 Å². The summed E-state index contributed by atoms with van der Waals surface area (Å²) >= 11 is 0. The minimum atomic E-state index is 0.567. The van der Waals surface area contributed by atoms with E-state index in [2.05, 4.69) is 34.6 Å². The predicted octanol–water partition coefficient (Wildman–Crippen LogP) is 6.98. The summed E-state index contributed by atoms with van der Waals surface area (Å²) < 4.78 is 0. The molecule has 18 heavy (non-hydrogen) atoms. The van der Waals surface area contributed by atoms with Crippen molar-refractivity contribution in [2.24, 2.45) is 11.3 Å². The molecule has 0 fully saturated rings. The molecule has 0 spiro atoms. The molecule has 1 unspecified atom stereocenters. The Labute approximate surface area is 117 Å². The van der Waals surface area contributed by atoms with Crippen molar-refractivity contribution in [2.45, 2.75) is 105 Å².